The van der Waals surface area contributed by atoms with Gasteiger partial charge in [-0.05, 0) is 29.3 Å². The van der Waals surface area contributed by atoms with Gasteiger partial charge in [-0.15, -0.1) is 0 Å². The third-order valence-electron chi connectivity index (χ3n) is 5.43. The standard InChI is InChI=1S/C25H19N5O3/c31-25-23(21-13-20(30(32)33)10-11-22(21)29-25)24(17-4-2-1-3-5-17)28-18-8-6-16(7-9-18)12-19-14-26-15-27-19/h1-11,13-15,28H,12H2,(H,26,27)(H,29,31)/b24-23-. The van der Waals surface area contributed by atoms with Crippen LogP contribution in [0, 0.1) is 10.1 Å². The second-order valence-corrected chi connectivity index (χ2v) is 7.62. The molecule has 0 fully saturated rings. The maximum Gasteiger partial charge on any atom is 0.270 e. The summed E-state index contributed by atoms with van der Waals surface area (Å²) in [7, 11) is 0. The highest BCUT2D eigenvalue weighted by Crippen LogP contribution is 2.39. The number of carbonyl (C=O) groups is 1. The summed E-state index contributed by atoms with van der Waals surface area (Å²) in [5, 5.41) is 17.5. The summed E-state index contributed by atoms with van der Waals surface area (Å²) < 4.78 is 0. The molecule has 0 atom stereocenters. The second-order valence-electron chi connectivity index (χ2n) is 7.62. The molecule has 2 heterocycles. The van der Waals surface area contributed by atoms with E-state index in [1.807, 2.05) is 60.8 Å². The lowest BCUT2D eigenvalue weighted by molar-refractivity contribution is -0.384. The smallest absolute Gasteiger partial charge is 0.270 e. The fourth-order valence-electron chi connectivity index (χ4n) is 3.85. The number of nitro benzene ring substituents is 1. The van der Waals surface area contributed by atoms with E-state index in [0.717, 1.165) is 22.5 Å². The van der Waals surface area contributed by atoms with Crippen LogP contribution in [0.2, 0.25) is 0 Å². The predicted molar refractivity (Wildman–Crippen MR) is 126 cm³/mol. The van der Waals surface area contributed by atoms with Gasteiger partial charge in [0.2, 0.25) is 0 Å². The lowest BCUT2D eigenvalue weighted by atomic mass is 9.99. The molecule has 0 spiro atoms. The van der Waals surface area contributed by atoms with Crippen molar-refractivity contribution < 1.29 is 9.72 Å². The highest BCUT2D eigenvalue weighted by molar-refractivity contribution is 6.37. The van der Waals surface area contributed by atoms with E-state index in [-0.39, 0.29) is 11.6 Å². The Kier molecular flexibility index (Phi) is 5.16. The molecule has 3 N–H and O–H groups in total. The zero-order chi connectivity index (χ0) is 22.8. The summed E-state index contributed by atoms with van der Waals surface area (Å²) >= 11 is 0. The van der Waals surface area contributed by atoms with Crippen LogP contribution in [0.3, 0.4) is 0 Å². The van der Waals surface area contributed by atoms with Gasteiger partial charge in [-0.25, -0.2) is 4.98 Å². The lowest BCUT2D eigenvalue weighted by Gasteiger charge is -2.15. The number of amides is 1. The Labute approximate surface area is 189 Å². The molecular formula is C25H19N5O3. The third-order valence-corrected chi connectivity index (χ3v) is 5.43. The summed E-state index contributed by atoms with van der Waals surface area (Å²) in [6.45, 7) is 0. The third kappa shape index (κ3) is 4.09. The van der Waals surface area contributed by atoms with Crippen molar-refractivity contribution in [1.82, 2.24) is 9.97 Å². The number of nitrogens with zero attached hydrogens (tertiary/aromatic N) is 2. The molecule has 1 amide bonds. The van der Waals surface area contributed by atoms with Gasteiger partial charge < -0.3 is 15.6 Å². The maximum atomic E-state index is 13.0. The molecule has 0 aliphatic carbocycles. The number of hydrogen-bond acceptors (Lipinski definition) is 5. The van der Waals surface area contributed by atoms with Crippen molar-refractivity contribution in [1.29, 1.82) is 0 Å². The number of benzene rings is 3. The number of imidazole rings is 1. The maximum absolute atomic E-state index is 13.0. The van der Waals surface area contributed by atoms with E-state index in [1.165, 1.54) is 12.1 Å². The normalized spacial score (nSPS) is 13.9. The monoisotopic (exact) mass is 437 g/mol. The van der Waals surface area contributed by atoms with Gasteiger partial charge in [0, 0.05) is 41.7 Å². The molecule has 8 heteroatoms. The minimum Gasteiger partial charge on any atom is -0.354 e. The van der Waals surface area contributed by atoms with Crippen molar-refractivity contribution in [3.63, 3.8) is 0 Å². The molecule has 1 aromatic heterocycles. The molecule has 5 rings (SSSR count). The fourth-order valence-corrected chi connectivity index (χ4v) is 3.85. The Bertz CT molecular complexity index is 1360. The first-order valence-electron chi connectivity index (χ1n) is 10.3. The Morgan fingerprint density at radius 2 is 1.82 bits per heavy atom. The predicted octanol–water partition coefficient (Wildman–Crippen LogP) is 4.84. The average molecular weight is 437 g/mol. The first-order valence-corrected chi connectivity index (χ1v) is 10.3. The molecule has 8 nitrogen and oxygen atoms in total. The SMILES string of the molecule is O=C1Nc2ccc([N+](=O)[O-])cc2/C1=C(/Nc1ccc(Cc2c[nH]cn2)cc1)c1ccccc1. The number of H-pyrrole nitrogens is 1. The summed E-state index contributed by atoms with van der Waals surface area (Å²) in [5.74, 6) is -0.313. The number of non-ortho nitro benzene ring substituents is 1. The van der Waals surface area contributed by atoms with Crippen LogP contribution in [-0.2, 0) is 11.2 Å². The van der Waals surface area contributed by atoms with E-state index in [2.05, 4.69) is 20.6 Å². The van der Waals surface area contributed by atoms with Crippen LogP contribution in [0.1, 0.15) is 22.4 Å². The van der Waals surface area contributed by atoms with Gasteiger partial charge in [0.25, 0.3) is 11.6 Å². The highest BCUT2D eigenvalue weighted by atomic mass is 16.6. The van der Waals surface area contributed by atoms with Crippen LogP contribution < -0.4 is 10.6 Å². The molecule has 33 heavy (non-hydrogen) atoms. The van der Waals surface area contributed by atoms with Crippen LogP contribution in [0.15, 0.2) is 85.3 Å². The number of anilines is 2. The number of nitro groups is 1. The quantitative estimate of drug-likeness (QED) is 0.227. The first-order chi connectivity index (χ1) is 16.1. The molecule has 0 radical (unpaired) electrons. The Morgan fingerprint density at radius 3 is 2.52 bits per heavy atom. The van der Waals surface area contributed by atoms with Crippen LogP contribution in [-0.4, -0.2) is 20.8 Å². The second kappa shape index (κ2) is 8.43. The van der Waals surface area contributed by atoms with E-state index in [4.69, 9.17) is 0 Å². The fraction of sp³-hybridized carbons (Fsp3) is 0.0400. The molecule has 162 valence electrons. The highest BCUT2D eigenvalue weighted by Gasteiger charge is 2.30. The largest absolute Gasteiger partial charge is 0.354 e. The zero-order valence-electron chi connectivity index (χ0n) is 17.4. The Morgan fingerprint density at radius 1 is 1.03 bits per heavy atom. The van der Waals surface area contributed by atoms with Crippen molar-refractivity contribution in [2.24, 2.45) is 0 Å². The summed E-state index contributed by atoms with van der Waals surface area (Å²) in [6, 6.07) is 21.7. The van der Waals surface area contributed by atoms with Crippen LogP contribution in [0.25, 0.3) is 11.3 Å². The Hall–Kier alpha value is -4.72. The number of aromatic nitrogens is 2. The molecule has 1 aliphatic rings. The van der Waals surface area contributed by atoms with Crippen molar-refractivity contribution in [2.45, 2.75) is 6.42 Å². The lowest BCUT2D eigenvalue weighted by Crippen LogP contribution is -2.10. The number of fused-ring (bicyclic) bond motifs is 1. The summed E-state index contributed by atoms with van der Waals surface area (Å²) in [6.07, 6.45) is 4.22. The number of nitrogens with one attached hydrogen (secondary N) is 3. The molecule has 3 aromatic carbocycles. The Balaban J connectivity index is 1.56. The molecule has 4 aromatic rings. The van der Waals surface area contributed by atoms with Gasteiger partial charge in [0.15, 0.2) is 0 Å². The van der Waals surface area contributed by atoms with E-state index in [9.17, 15) is 14.9 Å². The van der Waals surface area contributed by atoms with Crippen molar-refractivity contribution in [3.05, 3.63) is 118 Å². The van der Waals surface area contributed by atoms with Crippen LogP contribution in [0.5, 0.6) is 0 Å². The van der Waals surface area contributed by atoms with Crippen molar-refractivity contribution in [3.8, 4) is 0 Å². The molecule has 0 bridgehead atoms. The van der Waals surface area contributed by atoms with Gasteiger partial charge in [0.05, 0.1) is 28.2 Å². The topological polar surface area (TPSA) is 113 Å². The van der Waals surface area contributed by atoms with Gasteiger partial charge in [-0.3, -0.25) is 14.9 Å². The van der Waals surface area contributed by atoms with Gasteiger partial charge in [-0.2, -0.15) is 0 Å². The number of carbonyl (C=O) groups excluding carboxylic acids is 1. The summed E-state index contributed by atoms with van der Waals surface area (Å²) in [5.41, 5.74) is 5.54. The van der Waals surface area contributed by atoms with Gasteiger partial charge >= 0.3 is 0 Å². The van der Waals surface area contributed by atoms with E-state index in [1.54, 1.807) is 12.4 Å². The van der Waals surface area contributed by atoms with Gasteiger partial charge in [0.1, 0.15) is 0 Å². The molecule has 1 aliphatic heterocycles. The number of hydrogen-bond donors (Lipinski definition) is 3. The first kappa shape index (κ1) is 20.2. The number of aromatic amines is 1. The van der Waals surface area contributed by atoms with Crippen LogP contribution in [0.4, 0.5) is 17.1 Å². The molecule has 0 saturated heterocycles. The van der Waals surface area contributed by atoms with Crippen LogP contribution >= 0.6 is 0 Å². The van der Waals surface area contributed by atoms with Gasteiger partial charge in [-0.1, -0.05) is 42.5 Å². The van der Waals surface area contributed by atoms with Crippen molar-refractivity contribution in [2.75, 3.05) is 10.6 Å². The minimum atomic E-state index is -0.464. The number of rotatable bonds is 6. The molecule has 0 unspecified atom stereocenters. The summed E-state index contributed by atoms with van der Waals surface area (Å²) in [4.78, 5) is 31.0. The van der Waals surface area contributed by atoms with E-state index in [0.29, 0.717) is 28.9 Å². The van der Waals surface area contributed by atoms with E-state index >= 15 is 0 Å². The molecule has 0 saturated carbocycles. The van der Waals surface area contributed by atoms with E-state index < -0.39 is 4.92 Å². The molecular weight excluding hydrogens is 418 g/mol. The minimum absolute atomic E-state index is 0.0714. The van der Waals surface area contributed by atoms with Crippen molar-refractivity contribution >= 4 is 34.2 Å². The zero-order valence-corrected chi connectivity index (χ0v) is 17.4. The average Bonchev–Trinajstić information content (AvgIpc) is 3.45.